The summed E-state index contributed by atoms with van der Waals surface area (Å²) >= 11 is 1.82. The van der Waals surface area contributed by atoms with Gasteiger partial charge in [-0.05, 0) is 49.1 Å². The van der Waals surface area contributed by atoms with Crippen LogP contribution in [0.1, 0.15) is 38.7 Å². The lowest BCUT2D eigenvalue weighted by molar-refractivity contribution is 0.732. The summed E-state index contributed by atoms with van der Waals surface area (Å²) < 4.78 is 11.1. The van der Waals surface area contributed by atoms with Crippen molar-refractivity contribution in [1.29, 1.82) is 0 Å². The summed E-state index contributed by atoms with van der Waals surface area (Å²) in [5.41, 5.74) is 4.42. The highest BCUT2D eigenvalue weighted by Crippen LogP contribution is 2.40. The van der Waals surface area contributed by atoms with Crippen LogP contribution >= 0.6 is 11.3 Å². The molecule has 0 bridgehead atoms. The van der Waals surface area contributed by atoms with Crippen LogP contribution in [-0.4, -0.2) is 4.98 Å². The van der Waals surface area contributed by atoms with E-state index in [-0.39, 0.29) is 0 Å². The van der Waals surface area contributed by atoms with Gasteiger partial charge < -0.3 is 0 Å². The van der Waals surface area contributed by atoms with Gasteiger partial charge in [-0.1, -0.05) is 43.7 Å². The first-order valence-electron chi connectivity index (χ1n) is 8.88. The topological polar surface area (TPSA) is 12.9 Å². The van der Waals surface area contributed by atoms with Gasteiger partial charge >= 0.3 is 0 Å². The van der Waals surface area contributed by atoms with Crippen molar-refractivity contribution < 1.29 is 1.37 Å². The number of nitrogens with zero attached hydrogens (tertiary/aromatic N) is 1. The summed E-state index contributed by atoms with van der Waals surface area (Å²) in [5, 5.41) is 2.61. The van der Waals surface area contributed by atoms with E-state index >= 15 is 0 Å². The van der Waals surface area contributed by atoms with Gasteiger partial charge in [0.1, 0.15) is 0 Å². The maximum atomic E-state index is 8.52. The second-order valence-electron chi connectivity index (χ2n) is 6.35. The van der Waals surface area contributed by atoms with Crippen molar-refractivity contribution in [2.75, 3.05) is 0 Å². The van der Waals surface area contributed by atoms with Crippen molar-refractivity contribution in [2.24, 2.45) is 0 Å². The van der Waals surface area contributed by atoms with Crippen molar-refractivity contribution in [1.82, 2.24) is 4.98 Å². The van der Waals surface area contributed by atoms with Gasteiger partial charge in [-0.2, -0.15) is 0 Å². The summed E-state index contributed by atoms with van der Waals surface area (Å²) in [6.45, 7) is 6.16. The number of hydrogen-bond acceptors (Lipinski definition) is 2. The molecule has 2 aromatic heterocycles. The zero-order valence-corrected chi connectivity index (χ0v) is 15.1. The molecule has 2 aromatic carbocycles. The van der Waals surface area contributed by atoms with Crippen LogP contribution in [0.3, 0.4) is 0 Å². The molecule has 0 saturated heterocycles. The van der Waals surface area contributed by atoms with Crippen LogP contribution in [0.15, 0.2) is 54.7 Å². The second kappa shape index (κ2) is 6.03. The molecule has 0 aliphatic rings. The quantitative estimate of drug-likeness (QED) is 0.396. The number of thiophene rings is 1. The minimum absolute atomic E-state index is 0.580. The number of hydrogen-bond donors (Lipinski definition) is 0. The van der Waals surface area contributed by atoms with Gasteiger partial charge in [0.15, 0.2) is 0 Å². The van der Waals surface area contributed by atoms with Crippen LogP contribution in [0.4, 0.5) is 0 Å². The number of aromatic nitrogens is 1. The number of rotatable bonds is 3. The molecule has 0 saturated carbocycles. The maximum absolute atomic E-state index is 8.52. The molecular formula is C22H21NS. The van der Waals surface area contributed by atoms with E-state index in [4.69, 9.17) is 1.37 Å². The molecule has 2 heterocycles. The molecule has 4 aromatic rings. The van der Waals surface area contributed by atoms with Crippen molar-refractivity contribution in [2.45, 2.75) is 33.1 Å². The lowest BCUT2D eigenvalue weighted by atomic mass is 9.97. The summed E-state index contributed by atoms with van der Waals surface area (Å²) in [7, 11) is 0. The van der Waals surface area contributed by atoms with Crippen molar-refractivity contribution in [3.05, 3.63) is 65.9 Å². The number of benzene rings is 2. The first kappa shape index (κ1) is 14.2. The molecule has 0 radical (unpaired) electrons. The predicted octanol–water partition coefficient (Wildman–Crippen LogP) is 6.94. The average molecular weight is 332 g/mol. The fraction of sp³-hybridized carbons (Fsp3) is 0.227. The number of pyridine rings is 1. The van der Waals surface area contributed by atoms with Crippen molar-refractivity contribution in [3.8, 4) is 11.3 Å². The Labute approximate surface area is 148 Å². The molecule has 1 atom stereocenters. The number of fused-ring (bicyclic) bond motifs is 3. The van der Waals surface area contributed by atoms with Gasteiger partial charge in [0.25, 0.3) is 0 Å². The van der Waals surface area contributed by atoms with E-state index in [0.29, 0.717) is 0 Å². The Balaban J connectivity index is 1.96. The molecule has 0 fully saturated rings. The van der Waals surface area contributed by atoms with Gasteiger partial charge in [-0.3, -0.25) is 4.98 Å². The van der Waals surface area contributed by atoms with Gasteiger partial charge in [0.05, 0.1) is 5.69 Å². The van der Waals surface area contributed by atoms with E-state index in [1.165, 1.54) is 25.7 Å². The van der Waals surface area contributed by atoms with Crippen LogP contribution in [0.2, 0.25) is 0 Å². The maximum Gasteiger partial charge on any atom is 0.0719 e. The van der Waals surface area contributed by atoms with Crippen molar-refractivity contribution in [3.63, 3.8) is 0 Å². The van der Waals surface area contributed by atoms with E-state index < -0.39 is 5.89 Å². The number of aryl methyl sites for hydroxylation is 1. The third-order valence-electron chi connectivity index (χ3n) is 4.71. The molecule has 1 unspecified atom stereocenters. The Morgan fingerprint density at radius 3 is 2.83 bits per heavy atom. The fourth-order valence-electron chi connectivity index (χ4n) is 3.16. The second-order valence-corrected chi connectivity index (χ2v) is 7.40. The Morgan fingerprint density at radius 2 is 2.00 bits per heavy atom. The molecule has 0 spiro atoms. The first-order valence-corrected chi connectivity index (χ1v) is 9.20. The van der Waals surface area contributed by atoms with Crippen LogP contribution in [-0.2, 0) is 0 Å². The van der Waals surface area contributed by atoms with E-state index in [1.807, 2.05) is 30.5 Å². The highest BCUT2D eigenvalue weighted by atomic mass is 32.1. The molecule has 0 aliphatic heterocycles. The fourth-order valence-corrected chi connectivity index (χ4v) is 4.37. The summed E-state index contributed by atoms with van der Waals surface area (Å²) in [6.07, 6.45) is 2.62. The molecule has 0 aliphatic carbocycles. The third-order valence-corrected chi connectivity index (χ3v) is 5.93. The van der Waals surface area contributed by atoms with Gasteiger partial charge in [-0.25, -0.2) is 0 Å². The Hall–Kier alpha value is -2.19. The summed E-state index contributed by atoms with van der Waals surface area (Å²) in [5.74, 6) is -0.580. The van der Waals surface area contributed by atoms with Gasteiger partial charge in [0, 0.05) is 33.3 Å². The van der Waals surface area contributed by atoms with Crippen molar-refractivity contribution >= 4 is 31.5 Å². The molecular weight excluding hydrogens is 310 g/mol. The molecule has 2 heteroatoms. The highest BCUT2D eigenvalue weighted by molar-refractivity contribution is 7.26. The monoisotopic (exact) mass is 332 g/mol. The normalized spacial score (nSPS) is 14.7. The molecule has 0 N–H and O–H groups in total. The van der Waals surface area contributed by atoms with Crippen LogP contribution in [0.5, 0.6) is 0 Å². The Morgan fingerprint density at radius 1 is 1.12 bits per heavy atom. The predicted molar refractivity (Wildman–Crippen MR) is 106 cm³/mol. The zero-order valence-electron chi connectivity index (χ0n) is 15.3. The zero-order chi connectivity index (χ0) is 17.6. The molecule has 24 heavy (non-hydrogen) atoms. The minimum atomic E-state index is -0.580. The van der Waals surface area contributed by atoms with E-state index in [9.17, 15) is 0 Å². The minimum Gasteiger partial charge on any atom is -0.256 e. The van der Waals surface area contributed by atoms with Gasteiger partial charge in [0.2, 0.25) is 0 Å². The molecule has 0 amide bonds. The molecule has 1 nitrogen and oxygen atoms in total. The summed E-state index contributed by atoms with van der Waals surface area (Å²) in [6, 6.07) is 17.1. The third kappa shape index (κ3) is 2.51. The molecule has 4 rings (SSSR count). The lowest BCUT2D eigenvalue weighted by Gasteiger charge is -2.10. The Kier molecular flexibility index (Phi) is 3.56. The SMILES string of the molecule is [2H]C(C)(CC)c1ccnc(-c2cccc3c2sc2ccc(C)cc23)c1. The van der Waals surface area contributed by atoms with Crippen LogP contribution in [0, 0.1) is 6.92 Å². The standard InChI is InChI=1S/C22H21NS/c1-4-15(3)16-10-11-23-20(13-16)18-7-5-6-17-19-12-14(2)8-9-21(19)24-22(17)18/h5-13,15H,4H2,1-3H3/i15D. The first-order chi connectivity index (χ1) is 12.0. The molecule has 120 valence electrons. The summed E-state index contributed by atoms with van der Waals surface area (Å²) in [4.78, 5) is 4.62. The highest BCUT2D eigenvalue weighted by Gasteiger charge is 2.12. The van der Waals surface area contributed by atoms with E-state index in [0.717, 1.165) is 23.2 Å². The van der Waals surface area contributed by atoms with Gasteiger partial charge in [-0.15, -0.1) is 11.3 Å². The smallest absolute Gasteiger partial charge is 0.0719 e. The average Bonchev–Trinajstić information content (AvgIpc) is 3.00. The largest absolute Gasteiger partial charge is 0.256 e. The van der Waals surface area contributed by atoms with Crippen LogP contribution in [0.25, 0.3) is 31.4 Å². The van der Waals surface area contributed by atoms with Crippen LogP contribution < -0.4 is 0 Å². The van der Waals surface area contributed by atoms with E-state index in [1.54, 1.807) is 0 Å². The lowest BCUT2D eigenvalue weighted by Crippen LogP contribution is -1.93. The van der Waals surface area contributed by atoms with E-state index in [2.05, 4.69) is 61.3 Å². The Bertz CT molecular complexity index is 1080.